The van der Waals surface area contributed by atoms with Gasteiger partial charge < -0.3 is 4.90 Å². The van der Waals surface area contributed by atoms with E-state index >= 15 is 0 Å². The highest BCUT2D eigenvalue weighted by molar-refractivity contribution is 7.18. The number of hydrogen-bond acceptors (Lipinski definition) is 4. The largest absolute Gasteiger partial charge is 0.323 e. The van der Waals surface area contributed by atoms with Gasteiger partial charge in [-0.1, -0.05) is 41.7 Å². The summed E-state index contributed by atoms with van der Waals surface area (Å²) in [6.07, 6.45) is 1.17. The van der Waals surface area contributed by atoms with Crippen molar-refractivity contribution in [2.75, 3.05) is 18.4 Å². The van der Waals surface area contributed by atoms with Crippen LogP contribution in [-0.2, 0) is 0 Å². The predicted molar refractivity (Wildman–Crippen MR) is 84.7 cm³/mol. The Hall–Kier alpha value is -2.02. The van der Waals surface area contributed by atoms with Crippen LogP contribution in [-0.4, -0.2) is 39.9 Å². The summed E-state index contributed by atoms with van der Waals surface area (Å²) in [4.78, 5) is 13.7. The molecule has 22 heavy (non-hydrogen) atoms. The molecule has 2 heterocycles. The maximum absolute atomic E-state index is 14.0. The molecule has 0 spiro atoms. The fourth-order valence-electron chi connectivity index (χ4n) is 2.51. The van der Waals surface area contributed by atoms with Gasteiger partial charge in [0.2, 0.25) is 5.13 Å². The van der Waals surface area contributed by atoms with Crippen LogP contribution in [0.1, 0.15) is 19.8 Å². The van der Waals surface area contributed by atoms with Crippen molar-refractivity contribution in [1.82, 2.24) is 15.1 Å². The van der Waals surface area contributed by atoms with Gasteiger partial charge in [0.25, 0.3) is 0 Å². The molecule has 2 aromatic rings. The first-order chi connectivity index (χ1) is 10.5. The molecule has 5 nitrogen and oxygen atoms in total. The van der Waals surface area contributed by atoms with E-state index < -0.39 is 5.67 Å². The fourth-order valence-corrected chi connectivity index (χ4v) is 3.25. The normalized spacial score (nSPS) is 21.6. The number of anilines is 1. The number of carbonyl (C=O) groups excluding carboxylic acids is 1. The molecule has 0 saturated carbocycles. The Bertz CT molecular complexity index is 659. The van der Waals surface area contributed by atoms with Crippen molar-refractivity contribution in [1.29, 1.82) is 0 Å². The summed E-state index contributed by atoms with van der Waals surface area (Å²) in [6, 6.07) is 9.32. The van der Waals surface area contributed by atoms with Crippen LogP contribution < -0.4 is 5.32 Å². The van der Waals surface area contributed by atoms with E-state index in [2.05, 4.69) is 15.5 Å². The summed E-state index contributed by atoms with van der Waals surface area (Å²) < 4.78 is 14.0. The molecule has 1 atom stereocenters. The minimum absolute atomic E-state index is 0.114. The third-order valence-corrected chi connectivity index (χ3v) is 4.48. The molecule has 1 aromatic carbocycles. The first-order valence-electron chi connectivity index (χ1n) is 7.17. The van der Waals surface area contributed by atoms with Crippen molar-refractivity contribution < 1.29 is 9.18 Å². The van der Waals surface area contributed by atoms with E-state index in [-0.39, 0.29) is 12.6 Å². The average Bonchev–Trinajstić information content (AvgIpc) is 2.95. The highest BCUT2D eigenvalue weighted by Crippen LogP contribution is 2.28. The van der Waals surface area contributed by atoms with E-state index in [1.165, 1.54) is 23.2 Å². The van der Waals surface area contributed by atoms with Crippen LogP contribution in [0.5, 0.6) is 0 Å². The Kier molecular flexibility index (Phi) is 4.06. The van der Waals surface area contributed by atoms with Gasteiger partial charge in [-0.05, 0) is 19.8 Å². The molecule has 1 aliphatic heterocycles. The van der Waals surface area contributed by atoms with Crippen molar-refractivity contribution >= 4 is 22.5 Å². The summed E-state index contributed by atoms with van der Waals surface area (Å²) in [5.41, 5.74) is -0.360. The number of alkyl halides is 1. The number of hydrogen-bond donors (Lipinski definition) is 1. The van der Waals surface area contributed by atoms with Crippen molar-refractivity contribution in [3.05, 3.63) is 30.3 Å². The molecule has 3 rings (SSSR count). The van der Waals surface area contributed by atoms with Gasteiger partial charge >= 0.3 is 6.03 Å². The zero-order valence-electron chi connectivity index (χ0n) is 12.3. The smallest absolute Gasteiger partial charge is 0.321 e. The number of urea groups is 1. The monoisotopic (exact) mass is 320 g/mol. The summed E-state index contributed by atoms with van der Waals surface area (Å²) in [5, 5.41) is 11.9. The lowest BCUT2D eigenvalue weighted by atomic mass is 9.97. The number of aromatic nitrogens is 2. The fraction of sp³-hybridized carbons (Fsp3) is 0.400. The molecular weight excluding hydrogens is 303 g/mol. The van der Waals surface area contributed by atoms with E-state index in [0.29, 0.717) is 24.5 Å². The van der Waals surface area contributed by atoms with Crippen molar-refractivity contribution in [3.8, 4) is 10.6 Å². The third-order valence-electron chi connectivity index (χ3n) is 3.59. The van der Waals surface area contributed by atoms with Gasteiger partial charge in [-0.2, -0.15) is 0 Å². The number of rotatable bonds is 2. The van der Waals surface area contributed by atoms with Gasteiger partial charge in [0.1, 0.15) is 10.7 Å². The van der Waals surface area contributed by atoms with E-state index in [4.69, 9.17) is 0 Å². The zero-order chi connectivity index (χ0) is 15.6. The van der Waals surface area contributed by atoms with Gasteiger partial charge in [-0.25, -0.2) is 9.18 Å². The Labute approximate surface area is 132 Å². The summed E-state index contributed by atoms with van der Waals surface area (Å²) >= 11 is 1.30. The van der Waals surface area contributed by atoms with E-state index in [0.717, 1.165) is 10.6 Å². The van der Waals surface area contributed by atoms with Gasteiger partial charge in [-0.3, -0.25) is 5.32 Å². The van der Waals surface area contributed by atoms with E-state index in [1.54, 1.807) is 0 Å². The Morgan fingerprint density at radius 3 is 2.86 bits per heavy atom. The van der Waals surface area contributed by atoms with Gasteiger partial charge in [0, 0.05) is 12.1 Å². The predicted octanol–water partition coefficient (Wildman–Crippen LogP) is 3.56. The minimum Gasteiger partial charge on any atom is -0.321 e. The molecule has 1 aliphatic rings. The number of nitrogens with zero attached hydrogens (tertiary/aromatic N) is 3. The van der Waals surface area contributed by atoms with Crippen molar-refractivity contribution in [2.45, 2.75) is 25.4 Å². The second-order valence-electron chi connectivity index (χ2n) is 5.65. The lowest BCUT2D eigenvalue weighted by Gasteiger charge is -2.34. The molecule has 2 amide bonds. The Morgan fingerprint density at radius 1 is 1.36 bits per heavy atom. The molecule has 1 unspecified atom stereocenters. The lowest BCUT2D eigenvalue weighted by Crippen LogP contribution is -2.47. The lowest BCUT2D eigenvalue weighted by molar-refractivity contribution is 0.0808. The van der Waals surface area contributed by atoms with Crippen LogP contribution in [0, 0.1) is 0 Å². The molecule has 1 saturated heterocycles. The van der Waals surface area contributed by atoms with Gasteiger partial charge in [0.05, 0.1) is 6.54 Å². The Morgan fingerprint density at radius 2 is 2.14 bits per heavy atom. The van der Waals surface area contributed by atoms with Gasteiger partial charge in [0.15, 0.2) is 0 Å². The third kappa shape index (κ3) is 3.41. The molecule has 0 aliphatic carbocycles. The van der Waals surface area contributed by atoms with Crippen LogP contribution >= 0.6 is 11.3 Å². The van der Waals surface area contributed by atoms with Crippen LogP contribution in [0.15, 0.2) is 30.3 Å². The number of carbonyl (C=O) groups is 1. The minimum atomic E-state index is -1.31. The molecule has 0 bridgehead atoms. The van der Waals surface area contributed by atoms with Crippen LogP contribution in [0.3, 0.4) is 0 Å². The second-order valence-corrected chi connectivity index (χ2v) is 6.62. The number of piperidine rings is 1. The summed E-state index contributed by atoms with van der Waals surface area (Å²) in [7, 11) is 0. The number of benzene rings is 1. The highest BCUT2D eigenvalue weighted by atomic mass is 32.1. The van der Waals surface area contributed by atoms with Crippen LogP contribution in [0.2, 0.25) is 0 Å². The number of amides is 2. The first kappa shape index (κ1) is 14.9. The molecule has 7 heteroatoms. The topological polar surface area (TPSA) is 58.1 Å². The van der Waals surface area contributed by atoms with Gasteiger partial charge in [-0.15, -0.1) is 10.2 Å². The first-order valence-corrected chi connectivity index (χ1v) is 7.99. The SMILES string of the molecule is CC1(F)CCCN(C(=O)Nc2nnc(-c3ccccc3)s2)C1. The molecule has 116 valence electrons. The van der Waals surface area contributed by atoms with Crippen molar-refractivity contribution in [2.24, 2.45) is 0 Å². The summed E-state index contributed by atoms with van der Waals surface area (Å²) in [6.45, 7) is 2.21. The maximum Gasteiger partial charge on any atom is 0.323 e. The van der Waals surface area contributed by atoms with Crippen LogP contribution in [0.4, 0.5) is 14.3 Å². The molecule has 0 radical (unpaired) electrons. The zero-order valence-corrected chi connectivity index (χ0v) is 13.1. The number of likely N-dealkylation sites (tertiary alicyclic amines) is 1. The van der Waals surface area contributed by atoms with E-state index in [9.17, 15) is 9.18 Å². The number of nitrogens with one attached hydrogen (secondary N) is 1. The quantitative estimate of drug-likeness (QED) is 0.920. The second kappa shape index (κ2) is 6.00. The molecule has 1 fully saturated rings. The Balaban J connectivity index is 1.66. The standard InChI is InChI=1S/C15H17FN4OS/c1-15(16)8-5-9-20(10-15)14(21)17-13-19-18-12(22-13)11-6-3-2-4-7-11/h2-4,6-7H,5,8-10H2,1H3,(H,17,19,21). The average molecular weight is 320 g/mol. The molecule has 1 N–H and O–H groups in total. The molecule has 1 aromatic heterocycles. The molecular formula is C15H17FN4OS. The maximum atomic E-state index is 14.0. The highest BCUT2D eigenvalue weighted by Gasteiger charge is 2.33. The van der Waals surface area contributed by atoms with Crippen LogP contribution in [0.25, 0.3) is 10.6 Å². The van der Waals surface area contributed by atoms with E-state index in [1.807, 2.05) is 30.3 Å². The van der Waals surface area contributed by atoms with Crippen molar-refractivity contribution in [3.63, 3.8) is 0 Å². The number of halogens is 1. The summed E-state index contributed by atoms with van der Waals surface area (Å²) in [5.74, 6) is 0.